The van der Waals surface area contributed by atoms with Crippen LogP contribution in [0.1, 0.15) is 309 Å². The van der Waals surface area contributed by atoms with Crippen LogP contribution in [0.25, 0.3) is 0 Å². The molecule has 0 radical (unpaired) electrons. The SMILES string of the molecule is CC/C=C\C/C=C\C/C=C\C/C=C\C/C=C\C/C=C\C/C=C\CCCCCCCC(=O)OC(COC(=O)CCCCCCCCCCCCCCCCCCCCCCCCC/C=C\C/C=C\CCCCCCC)COC(OCC[N+](C)(C)C)C(=O)O. The van der Waals surface area contributed by atoms with Crippen LogP contribution in [0.2, 0.25) is 0 Å². The number of quaternary nitrogens is 1. The van der Waals surface area contributed by atoms with Crippen molar-refractivity contribution in [2.75, 3.05) is 47.5 Å². The van der Waals surface area contributed by atoms with Crippen LogP contribution in [-0.4, -0.2) is 87.4 Å². The Bertz CT molecular complexity index is 1800. The van der Waals surface area contributed by atoms with Crippen LogP contribution in [0, 0.1) is 0 Å². The lowest BCUT2D eigenvalue weighted by Gasteiger charge is -2.25. The number of carboxylic acid groups (broad SMARTS) is 1. The third kappa shape index (κ3) is 69.3. The highest BCUT2D eigenvalue weighted by atomic mass is 16.7. The van der Waals surface area contributed by atoms with E-state index in [9.17, 15) is 19.5 Å². The van der Waals surface area contributed by atoms with Gasteiger partial charge in [0.15, 0.2) is 6.10 Å². The lowest BCUT2D eigenvalue weighted by Crippen LogP contribution is -2.40. The number of esters is 2. The van der Waals surface area contributed by atoms with Crippen molar-refractivity contribution < 1.29 is 42.9 Å². The summed E-state index contributed by atoms with van der Waals surface area (Å²) in [4.78, 5) is 37.6. The quantitative estimate of drug-likeness (QED) is 0.0211. The van der Waals surface area contributed by atoms with Gasteiger partial charge in [0.1, 0.15) is 13.2 Å². The Morgan fingerprint density at radius 2 is 0.655 bits per heavy atom. The van der Waals surface area contributed by atoms with Gasteiger partial charge in [-0.2, -0.15) is 0 Å². The fourth-order valence-corrected chi connectivity index (χ4v) is 10.0. The largest absolute Gasteiger partial charge is 0.477 e. The molecule has 0 amide bonds. The van der Waals surface area contributed by atoms with Gasteiger partial charge in [-0.1, -0.05) is 303 Å². The number of hydrogen-bond acceptors (Lipinski definition) is 7. The summed E-state index contributed by atoms with van der Waals surface area (Å²) in [6, 6.07) is 0. The van der Waals surface area contributed by atoms with Gasteiger partial charge in [-0.25, -0.2) is 4.79 Å². The molecule has 500 valence electrons. The van der Waals surface area contributed by atoms with Gasteiger partial charge >= 0.3 is 17.9 Å². The van der Waals surface area contributed by atoms with Gasteiger partial charge in [-0.05, 0) is 103 Å². The summed E-state index contributed by atoms with van der Waals surface area (Å²) in [7, 11) is 5.97. The molecule has 0 fully saturated rings. The number of ether oxygens (including phenoxy) is 4. The number of likely N-dealkylation sites (N-methyl/N-ethyl adjacent to an activating group) is 1. The first-order valence-electron chi connectivity index (χ1n) is 36.1. The smallest absolute Gasteiger partial charge is 0.361 e. The molecule has 2 atom stereocenters. The number of aliphatic carboxylic acids is 1. The van der Waals surface area contributed by atoms with E-state index in [1.807, 2.05) is 21.1 Å². The van der Waals surface area contributed by atoms with E-state index in [0.29, 0.717) is 23.9 Å². The lowest BCUT2D eigenvalue weighted by molar-refractivity contribution is -0.870. The minimum Gasteiger partial charge on any atom is -0.477 e. The summed E-state index contributed by atoms with van der Waals surface area (Å²) in [6.45, 7) is 4.75. The minimum atomic E-state index is -1.52. The van der Waals surface area contributed by atoms with Crippen molar-refractivity contribution >= 4 is 17.9 Å². The highest BCUT2D eigenvalue weighted by Crippen LogP contribution is 2.18. The summed E-state index contributed by atoms with van der Waals surface area (Å²) in [5.74, 6) is -2.03. The third-order valence-electron chi connectivity index (χ3n) is 15.5. The van der Waals surface area contributed by atoms with Crippen LogP contribution >= 0.6 is 0 Å². The summed E-state index contributed by atoms with van der Waals surface area (Å²) in [6.07, 6.45) is 92.1. The van der Waals surface area contributed by atoms with Crippen molar-refractivity contribution in [2.45, 2.75) is 322 Å². The highest BCUT2D eigenvalue weighted by molar-refractivity contribution is 5.71. The number of carbonyl (C=O) groups is 3. The molecular formula is C78H136NO8+. The lowest BCUT2D eigenvalue weighted by atomic mass is 10.0. The second-order valence-electron chi connectivity index (χ2n) is 25.2. The number of unbranched alkanes of at least 4 members (excludes halogenated alkanes) is 33. The second-order valence-corrected chi connectivity index (χ2v) is 25.2. The molecule has 0 aromatic heterocycles. The van der Waals surface area contributed by atoms with E-state index >= 15 is 0 Å². The summed E-state index contributed by atoms with van der Waals surface area (Å²) in [5.41, 5.74) is 0. The Balaban J connectivity index is 4.11. The maximum Gasteiger partial charge on any atom is 0.361 e. The first-order chi connectivity index (χ1) is 42.6. The van der Waals surface area contributed by atoms with E-state index in [4.69, 9.17) is 18.9 Å². The molecule has 0 aromatic rings. The van der Waals surface area contributed by atoms with E-state index in [0.717, 1.165) is 103 Å². The highest BCUT2D eigenvalue weighted by Gasteiger charge is 2.25. The van der Waals surface area contributed by atoms with Crippen molar-refractivity contribution in [1.82, 2.24) is 0 Å². The standard InChI is InChI=1S/C78H135NO8/c1-6-8-10-12-14-16-18-20-22-24-26-28-30-32-34-35-36-37-38-39-40-41-43-44-46-48-50-52-54-56-58-60-62-64-66-68-75(80)85-72-74(73-86-78(77(82)83)84-71-70-79(3,4)5)87-76(81)69-67-65-63-61-59-57-55-53-51-49-47-45-42-33-31-29-27-25-23-21-19-17-15-13-11-9-7-2/h9,11,15,17-18,20-21,23-24,26-27,29,33,42,47,49,53,55,74,78H,6-8,10,12-14,16,19,22,25,28,30-32,34-41,43-46,48,50-52,54,56-73H2,1-5H3/p+1/b11-9-,17-15-,20-18-,23-21-,26-24-,29-27-,42-33-,49-47-,55-53-. The number of hydrogen-bond donors (Lipinski definition) is 1. The number of rotatable bonds is 66. The van der Waals surface area contributed by atoms with E-state index in [1.165, 1.54) is 173 Å². The molecule has 0 rings (SSSR count). The van der Waals surface area contributed by atoms with Crippen LogP contribution in [0.4, 0.5) is 0 Å². The second kappa shape index (κ2) is 67.9. The van der Waals surface area contributed by atoms with Crippen LogP contribution in [0.3, 0.4) is 0 Å². The fourth-order valence-electron chi connectivity index (χ4n) is 10.0. The third-order valence-corrected chi connectivity index (χ3v) is 15.5. The van der Waals surface area contributed by atoms with Gasteiger partial charge in [0.25, 0.3) is 6.29 Å². The molecule has 2 unspecified atom stereocenters. The minimum absolute atomic E-state index is 0.179. The van der Waals surface area contributed by atoms with Crippen LogP contribution in [0.5, 0.6) is 0 Å². The van der Waals surface area contributed by atoms with Crippen LogP contribution in [0.15, 0.2) is 109 Å². The van der Waals surface area contributed by atoms with E-state index in [-0.39, 0.29) is 32.2 Å². The molecule has 0 saturated carbocycles. The predicted molar refractivity (Wildman–Crippen MR) is 373 cm³/mol. The van der Waals surface area contributed by atoms with Crippen molar-refractivity contribution in [1.29, 1.82) is 0 Å². The monoisotopic (exact) mass is 1220 g/mol. The molecule has 0 heterocycles. The molecule has 0 aromatic carbocycles. The van der Waals surface area contributed by atoms with Gasteiger partial charge in [0, 0.05) is 12.8 Å². The van der Waals surface area contributed by atoms with Gasteiger partial charge in [0.05, 0.1) is 34.4 Å². The molecule has 0 aliphatic carbocycles. The van der Waals surface area contributed by atoms with Crippen molar-refractivity contribution in [2.24, 2.45) is 0 Å². The summed E-state index contributed by atoms with van der Waals surface area (Å²) >= 11 is 0. The maximum absolute atomic E-state index is 12.9. The molecule has 0 aliphatic heterocycles. The van der Waals surface area contributed by atoms with Crippen molar-refractivity contribution in [3.05, 3.63) is 109 Å². The zero-order valence-electron chi connectivity index (χ0n) is 57.2. The van der Waals surface area contributed by atoms with Gasteiger partial charge in [0.2, 0.25) is 0 Å². The van der Waals surface area contributed by atoms with Gasteiger partial charge in [-0.15, -0.1) is 0 Å². The van der Waals surface area contributed by atoms with Crippen molar-refractivity contribution in [3.8, 4) is 0 Å². The molecule has 9 heteroatoms. The molecule has 0 saturated heterocycles. The first-order valence-corrected chi connectivity index (χ1v) is 36.1. The van der Waals surface area contributed by atoms with Gasteiger partial charge in [-0.3, -0.25) is 9.59 Å². The molecule has 0 spiro atoms. The molecule has 87 heavy (non-hydrogen) atoms. The Morgan fingerprint density at radius 1 is 0.356 bits per heavy atom. The average molecular weight is 1220 g/mol. The van der Waals surface area contributed by atoms with Crippen LogP contribution in [-0.2, 0) is 33.3 Å². The summed E-state index contributed by atoms with van der Waals surface area (Å²) < 4.78 is 23.0. The van der Waals surface area contributed by atoms with E-state index in [1.54, 1.807) is 0 Å². The first kappa shape index (κ1) is 83.0. The fraction of sp³-hybridized carbons (Fsp3) is 0.731. The Kier molecular flexibility index (Phi) is 64.7. The molecule has 9 nitrogen and oxygen atoms in total. The molecule has 0 bridgehead atoms. The number of nitrogens with zero attached hydrogens (tertiary/aromatic N) is 1. The van der Waals surface area contributed by atoms with E-state index in [2.05, 4.69) is 123 Å². The van der Waals surface area contributed by atoms with E-state index < -0.39 is 24.3 Å². The predicted octanol–water partition coefficient (Wildman–Crippen LogP) is 22.6. The molecule has 1 N–H and O–H groups in total. The summed E-state index contributed by atoms with van der Waals surface area (Å²) in [5, 5.41) is 9.75. The maximum atomic E-state index is 12.9. The zero-order chi connectivity index (χ0) is 63.3. The zero-order valence-corrected chi connectivity index (χ0v) is 57.2. The topological polar surface area (TPSA) is 108 Å². The molecular weight excluding hydrogens is 1080 g/mol. The Morgan fingerprint density at radius 3 is 0.977 bits per heavy atom. The normalized spacial score (nSPS) is 13.3. The molecule has 0 aliphatic rings. The van der Waals surface area contributed by atoms with Crippen molar-refractivity contribution in [3.63, 3.8) is 0 Å². The van der Waals surface area contributed by atoms with Crippen LogP contribution < -0.4 is 0 Å². The number of allylic oxidation sites excluding steroid dienone is 18. The number of carboxylic acids is 1. The van der Waals surface area contributed by atoms with Gasteiger partial charge < -0.3 is 28.5 Å². The Labute approximate surface area is 536 Å². The average Bonchev–Trinajstić information content (AvgIpc) is 3.56. The number of carbonyl (C=O) groups excluding carboxylic acids is 2. The Hall–Kier alpha value is -4.05.